The summed E-state index contributed by atoms with van der Waals surface area (Å²) in [5, 5.41) is 1.26. The number of aromatic nitrogens is 1. The average molecular weight is 266 g/mol. The Kier molecular flexibility index (Phi) is 1.80. The normalized spacial score (nSPS) is 24.7. The molecule has 0 spiro atoms. The summed E-state index contributed by atoms with van der Waals surface area (Å²) in [6.07, 6.45) is 0. The summed E-state index contributed by atoms with van der Waals surface area (Å²) in [5.41, 5.74) is 2.40. The average Bonchev–Trinajstić information content (AvgIpc) is 2.91. The van der Waals surface area contributed by atoms with E-state index in [2.05, 4.69) is 58.7 Å². The van der Waals surface area contributed by atoms with E-state index in [1.807, 2.05) is 0 Å². The molecule has 0 aliphatic carbocycles. The number of halogens is 1. The van der Waals surface area contributed by atoms with Crippen molar-refractivity contribution in [3.8, 4) is 0 Å². The Bertz CT molecular complexity index is 501. The van der Waals surface area contributed by atoms with Gasteiger partial charge in [0.15, 0.2) is 0 Å². The van der Waals surface area contributed by atoms with Crippen molar-refractivity contribution in [1.29, 1.82) is 0 Å². The molecule has 1 aliphatic rings. The zero-order valence-electron chi connectivity index (χ0n) is 8.75. The van der Waals surface area contributed by atoms with Crippen molar-refractivity contribution in [2.45, 2.75) is 12.5 Å². The predicted molar refractivity (Wildman–Crippen MR) is 63.9 cm³/mol. The van der Waals surface area contributed by atoms with Crippen molar-refractivity contribution in [3.05, 3.63) is 34.4 Å². The van der Waals surface area contributed by atoms with E-state index in [-0.39, 0.29) is 5.60 Å². The van der Waals surface area contributed by atoms with E-state index in [1.165, 1.54) is 21.1 Å². The molecule has 3 heteroatoms. The zero-order chi connectivity index (χ0) is 10.6. The molecule has 2 aromatic rings. The highest BCUT2D eigenvalue weighted by Crippen LogP contribution is 2.45. The smallest absolute Gasteiger partial charge is 0.130 e. The lowest BCUT2D eigenvalue weighted by atomic mass is 10.1. The number of hydrogen-bond donors (Lipinski definition) is 0. The summed E-state index contributed by atoms with van der Waals surface area (Å²) in [7, 11) is 2.09. The molecule has 2 nitrogen and oxygen atoms in total. The molecule has 1 aliphatic heterocycles. The van der Waals surface area contributed by atoms with Crippen LogP contribution in [0.15, 0.2) is 28.7 Å². The van der Waals surface area contributed by atoms with Crippen LogP contribution in [0.25, 0.3) is 10.9 Å². The lowest BCUT2D eigenvalue weighted by Gasteiger charge is -2.08. The molecule has 1 atom stereocenters. The maximum atomic E-state index is 5.52. The Labute approximate surface area is 97.0 Å². The molecule has 0 N–H and O–H groups in total. The first kappa shape index (κ1) is 9.43. The highest BCUT2D eigenvalue weighted by atomic mass is 79.9. The Morgan fingerprint density at radius 1 is 1.40 bits per heavy atom. The van der Waals surface area contributed by atoms with Crippen LogP contribution < -0.4 is 0 Å². The predicted octanol–water partition coefficient (Wildman–Crippen LogP) is 3.19. The number of epoxide rings is 1. The monoisotopic (exact) mass is 265 g/mol. The second-order valence-electron chi connectivity index (χ2n) is 4.26. The zero-order valence-corrected chi connectivity index (χ0v) is 10.3. The highest BCUT2D eigenvalue weighted by molar-refractivity contribution is 9.10. The Morgan fingerprint density at radius 3 is 2.67 bits per heavy atom. The maximum Gasteiger partial charge on any atom is 0.130 e. The van der Waals surface area contributed by atoms with Gasteiger partial charge in [-0.2, -0.15) is 0 Å². The van der Waals surface area contributed by atoms with Crippen LogP contribution >= 0.6 is 15.9 Å². The molecule has 2 heterocycles. The van der Waals surface area contributed by atoms with Crippen molar-refractivity contribution in [1.82, 2.24) is 4.57 Å². The van der Waals surface area contributed by atoms with Crippen LogP contribution in [0, 0.1) is 0 Å². The molecule has 3 rings (SSSR count). The third-order valence-corrected chi connectivity index (χ3v) is 3.93. The minimum Gasteiger partial charge on any atom is -0.363 e. The van der Waals surface area contributed by atoms with Crippen molar-refractivity contribution in [3.63, 3.8) is 0 Å². The van der Waals surface area contributed by atoms with E-state index in [0.717, 1.165) is 6.61 Å². The van der Waals surface area contributed by atoms with E-state index in [0.29, 0.717) is 0 Å². The van der Waals surface area contributed by atoms with Crippen molar-refractivity contribution >= 4 is 26.8 Å². The van der Waals surface area contributed by atoms with Gasteiger partial charge in [0, 0.05) is 22.4 Å². The molecule has 0 amide bonds. The van der Waals surface area contributed by atoms with Gasteiger partial charge in [-0.15, -0.1) is 0 Å². The van der Waals surface area contributed by atoms with Gasteiger partial charge in [0.2, 0.25) is 0 Å². The number of benzene rings is 1. The third kappa shape index (κ3) is 1.20. The van der Waals surface area contributed by atoms with Gasteiger partial charge in [-0.3, -0.25) is 0 Å². The van der Waals surface area contributed by atoms with E-state index < -0.39 is 0 Å². The van der Waals surface area contributed by atoms with Crippen LogP contribution in [0.4, 0.5) is 0 Å². The van der Waals surface area contributed by atoms with Crippen LogP contribution in [-0.4, -0.2) is 11.2 Å². The number of aryl methyl sites for hydroxylation is 1. The molecule has 1 saturated heterocycles. The fourth-order valence-electron chi connectivity index (χ4n) is 2.18. The number of nitrogens with zero attached hydrogens (tertiary/aromatic N) is 1. The fraction of sp³-hybridized carbons (Fsp3) is 0.333. The summed E-state index contributed by atoms with van der Waals surface area (Å²) in [6, 6.07) is 8.39. The van der Waals surface area contributed by atoms with Gasteiger partial charge in [-0.25, -0.2) is 0 Å². The molecular formula is C12H12BrNO. The van der Waals surface area contributed by atoms with Gasteiger partial charge in [-0.05, 0) is 28.9 Å². The molecule has 15 heavy (non-hydrogen) atoms. The number of rotatable bonds is 1. The highest BCUT2D eigenvalue weighted by Gasteiger charge is 2.45. The van der Waals surface area contributed by atoms with Crippen molar-refractivity contribution in [2.24, 2.45) is 7.05 Å². The van der Waals surface area contributed by atoms with Crippen molar-refractivity contribution < 1.29 is 4.74 Å². The number of hydrogen-bond acceptors (Lipinski definition) is 1. The number of ether oxygens (including phenoxy) is 1. The second-order valence-corrected chi connectivity index (χ2v) is 5.05. The van der Waals surface area contributed by atoms with Gasteiger partial charge in [-0.1, -0.05) is 18.2 Å². The second kappa shape index (κ2) is 2.86. The van der Waals surface area contributed by atoms with Crippen LogP contribution in [0.2, 0.25) is 0 Å². The van der Waals surface area contributed by atoms with E-state index in [4.69, 9.17) is 4.74 Å². The van der Waals surface area contributed by atoms with Crippen LogP contribution in [0.5, 0.6) is 0 Å². The summed E-state index contributed by atoms with van der Waals surface area (Å²) in [5.74, 6) is 0. The fourth-order valence-corrected chi connectivity index (χ4v) is 3.20. The lowest BCUT2D eigenvalue weighted by molar-refractivity contribution is 0.318. The molecule has 1 aromatic heterocycles. The van der Waals surface area contributed by atoms with Crippen LogP contribution in [0.3, 0.4) is 0 Å². The van der Waals surface area contributed by atoms with Gasteiger partial charge in [0.1, 0.15) is 5.60 Å². The Morgan fingerprint density at radius 2 is 2.07 bits per heavy atom. The van der Waals surface area contributed by atoms with E-state index in [1.54, 1.807) is 0 Å². The number of fused-ring (bicyclic) bond motifs is 1. The first-order valence-electron chi connectivity index (χ1n) is 5.01. The molecule has 0 bridgehead atoms. The molecule has 78 valence electrons. The Balaban J connectivity index is 2.39. The SMILES string of the molecule is Cn1c(C2(C)CO2)c(Br)c2ccccc21. The number of para-hydroxylation sites is 1. The third-order valence-electron chi connectivity index (χ3n) is 3.12. The summed E-state index contributed by atoms with van der Waals surface area (Å²) >= 11 is 3.68. The quantitative estimate of drug-likeness (QED) is 0.725. The molecular weight excluding hydrogens is 254 g/mol. The van der Waals surface area contributed by atoms with Gasteiger partial charge in [0.05, 0.1) is 12.3 Å². The minimum absolute atomic E-state index is 0.0907. The first-order valence-corrected chi connectivity index (χ1v) is 5.80. The first-order chi connectivity index (χ1) is 7.13. The van der Waals surface area contributed by atoms with Crippen LogP contribution in [-0.2, 0) is 17.4 Å². The molecule has 1 unspecified atom stereocenters. The topological polar surface area (TPSA) is 17.5 Å². The van der Waals surface area contributed by atoms with Gasteiger partial charge < -0.3 is 9.30 Å². The summed E-state index contributed by atoms with van der Waals surface area (Å²) in [6.45, 7) is 2.95. The largest absolute Gasteiger partial charge is 0.363 e. The standard InChI is InChI=1S/C12H12BrNO/c1-12(7-15-12)11-10(13)8-5-3-4-6-9(8)14(11)2/h3-6H,7H2,1-2H3. The van der Waals surface area contributed by atoms with Crippen molar-refractivity contribution in [2.75, 3.05) is 6.61 Å². The lowest BCUT2D eigenvalue weighted by Crippen LogP contribution is -2.09. The van der Waals surface area contributed by atoms with E-state index in [9.17, 15) is 0 Å². The maximum absolute atomic E-state index is 5.52. The van der Waals surface area contributed by atoms with Crippen LogP contribution in [0.1, 0.15) is 12.6 Å². The molecule has 0 saturated carbocycles. The Hall–Kier alpha value is -0.800. The summed E-state index contributed by atoms with van der Waals surface area (Å²) < 4.78 is 8.90. The molecule has 1 aromatic carbocycles. The molecule has 1 fully saturated rings. The van der Waals surface area contributed by atoms with Gasteiger partial charge >= 0.3 is 0 Å². The molecule has 0 radical (unpaired) electrons. The van der Waals surface area contributed by atoms with Gasteiger partial charge in [0.25, 0.3) is 0 Å². The summed E-state index contributed by atoms with van der Waals surface area (Å²) in [4.78, 5) is 0. The van der Waals surface area contributed by atoms with E-state index >= 15 is 0 Å². The minimum atomic E-state index is -0.0907.